The zero-order valence-electron chi connectivity index (χ0n) is 8.42. The first-order chi connectivity index (χ1) is 6.86. The summed E-state index contributed by atoms with van der Waals surface area (Å²) in [6.07, 6.45) is 2.07. The molecule has 4 nitrogen and oxygen atoms in total. The van der Waals surface area contributed by atoms with Crippen LogP contribution in [0.4, 0.5) is 0 Å². The molecule has 0 aromatic carbocycles. The molecule has 2 saturated heterocycles. The van der Waals surface area contributed by atoms with E-state index in [9.17, 15) is 4.79 Å². The van der Waals surface area contributed by atoms with Gasteiger partial charge in [-0.1, -0.05) is 0 Å². The van der Waals surface area contributed by atoms with E-state index in [0.29, 0.717) is 5.92 Å². The molecule has 2 atom stereocenters. The third kappa shape index (κ3) is 2.45. The predicted octanol–water partition coefficient (Wildman–Crippen LogP) is -0.251. The highest BCUT2D eigenvalue weighted by atomic mass is 16.5. The highest BCUT2D eigenvalue weighted by Crippen LogP contribution is 2.12. The molecule has 0 aromatic rings. The van der Waals surface area contributed by atoms with Gasteiger partial charge in [-0.3, -0.25) is 4.79 Å². The Morgan fingerprint density at radius 3 is 3.07 bits per heavy atom. The molecule has 2 aliphatic rings. The Kier molecular flexibility index (Phi) is 3.37. The molecule has 80 valence electrons. The van der Waals surface area contributed by atoms with Crippen molar-refractivity contribution < 1.29 is 9.53 Å². The van der Waals surface area contributed by atoms with E-state index in [4.69, 9.17) is 4.74 Å². The van der Waals surface area contributed by atoms with Crippen LogP contribution in [-0.4, -0.2) is 38.8 Å². The summed E-state index contributed by atoms with van der Waals surface area (Å²) in [5.74, 6) is 0.938. The summed E-state index contributed by atoms with van der Waals surface area (Å²) < 4.78 is 5.25. The van der Waals surface area contributed by atoms with Crippen LogP contribution in [0.5, 0.6) is 0 Å². The average molecular weight is 198 g/mol. The van der Waals surface area contributed by atoms with Gasteiger partial charge in [-0.2, -0.15) is 0 Å². The maximum atomic E-state index is 11.6. The third-order valence-corrected chi connectivity index (χ3v) is 3.02. The molecule has 2 fully saturated rings. The van der Waals surface area contributed by atoms with Gasteiger partial charge in [0.05, 0.1) is 12.5 Å². The fourth-order valence-corrected chi connectivity index (χ4v) is 2.01. The van der Waals surface area contributed by atoms with Gasteiger partial charge in [0.15, 0.2) is 0 Å². The highest BCUT2D eigenvalue weighted by Gasteiger charge is 2.23. The average Bonchev–Trinajstić information content (AvgIpc) is 2.87. The molecule has 0 saturated carbocycles. The summed E-state index contributed by atoms with van der Waals surface area (Å²) in [7, 11) is 0. The normalized spacial score (nSPS) is 32.0. The molecular formula is C10H18N2O2. The Labute approximate surface area is 84.4 Å². The van der Waals surface area contributed by atoms with Crippen molar-refractivity contribution in [3.05, 3.63) is 0 Å². The zero-order valence-corrected chi connectivity index (χ0v) is 8.42. The molecule has 14 heavy (non-hydrogen) atoms. The lowest BCUT2D eigenvalue weighted by Crippen LogP contribution is -2.35. The van der Waals surface area contributed by atoms with Crippen molar-refractivity contribution in [3.63, 3.8) is 0 Å². The molecule has 0 aliphatic carbocycles. The molecule has 0 radical (unpaired) electrons. The third-order valence-electron chi connectivity index (χ3n) is 3.02. The number of carbonyl (C=O) groups is 1. The quantitative estimate of drug-likeness (QED) is 0.657. The first kappa shape index (κ1) is 9.93. The fraction of sp³-hybridized carbons (Fsp3) is 0.900. The monoisotopic (exact) mass is 198 g/mol. The second-order valence-corrected chi connectivity index (χ2v) is 4.16. The van der Waals surface area contributed by atoms with Gasteiger partial charge in [-0.15, -0.1) is 0 Å². The van der Waals surface area contributed by atoms with Gasteiger partial charge < -0.3 is 15.4 Å². The van der Waals surface area contributed by atoms with Gasteiger partial charge in [0.2, 0.25) is 5.91 Å². The summed E-state index contributed by atoms with van der Waals surface area (Å²) >= 11 is 0. The zero-order chi connectivity index (χ0) is 9.80. The molecule has 2 heterocycles. The summed E-state index contributed by atoms with van der Waals surface area (Å²) in [4.78, 5) is 11.6. The summed E-state index contributed by atoms with van der Waals surface area (Å²) in [6, 6.07) is 0. The fourth-order valence-electron chi connectivity index (χ4n) is 2.01. The minimum atomic E-state index is 0.192. The lowest BCUT2D eigenvalue weighted by atomic mass is 10.1. The van der Waals surface area contributed by atoms with Crippen molar-refractivity contribution in [2.45, 2.75) is 12.8 Å². The van der Waals surface area contributed by atoms with Gasteiger partial charge >= 0.3 is 0 Å². The summed E-state index contributed by atoms with van der Waals surface area (Å²) in [5.41, 5.74) is 0. The molecule has 0 bridgehead atoms. The Bertz CT molecular complexity index is 196. The highest BCUT2D eigenvalue weighted by molar-refractivity contribution is 5.79. The van der Waals surface area contributed by atoms with E-state index < -0.39 is 0 Å². The van der Waals surface area contributed by atoms with Crippen molar-refractivity contribution >= 4 is 5.91 Å². The Morgan fingerprint density at radius 1 is 1.50 bits per heavy atom. The predicted molar refractivity (Wildman–Crippen MR) is 52.9 cm³/mol. The van der Waals surface area contributed by atoms with Crippen LogP contribution in [0.3, 0.4) is 0 Å². The maximum Gasteiger partial charge on any atom is 0.224 e. The Hall–Kier alpha value is -0.610. The van der Waals surface area contributed by atoms with Crippen LogP contribution in [0.2, 0.25) is 0 Å². The van der Waals surface area contributed by atoms with Crippen LogP contribution in [0, 0.1) is 11.8 Å². The SMILES string of the molecule is O=C(NCC1CCOC1)C1CCNC1. The first-order valence-corrected chi connectivity index (χ1v) is 5.42. The van der Waals surface area contributed by atoms with Crippen molar-refractivity contribution in [3.8, 4) is 0 Å². The van der Waals surface area contributed by atoms with Crippen molar-refractivity contribution in [2.75, 3.05) is 32.8 Å². The molecule has 1 amide bonds. The molecule has 2 N–H and O–H groups in total. The van der Waals surface area contributed by atoms with Crippen LogP contribution >= 0.6 is 0 Å². The van der Waals surface area contributed by atoms with E-state index in [1.165, 1.54) is 0 Å². The van der Waals surface area contributed by atoms with Gasteiger partial charge in [0, 0.05) is 25.6 Å². The van der Waals surface area contributed by atoms with Crippen molar-refractivity contribution in [2.24, 2.45) is 11.8 Å². The van der Waals surface area contributed by atoms with Gasteiger partial charge in [0.1, 0.15) is 0 Å². The van der Waals surface area contributed by atoms with Gasteiger partial charge in [0.25, 0.3) is 0 Å². The molecule has 0 spiro atoms. The van der Waals surface area contributed by atoms with E-state index in [-0.39, 0.29) is 11.8 Å². The molecule has 2 aliphatic heterocycles. The van der Waals surface area contributed by atoms with Crippen LogP contribution < -0.4 is 10.6 Å². The second kappa shape index (κ2) is 4.75. The Morgan fingerprint density at radius 2 is 2.43 bits per heavy atom. The van der Waals surface area contributed by atoms with Crippen LogP contribution in [0.25, 0.3) is 0 Å². The summed E-state index contributed by atoms with van der Waals surface area (Å²) in [5, 5.41) is 6.20. The number of hydrogen-bond acceptors (Lipinski definition) is 3. The number of nitrogens with one attached hydrogen (secondary N) is 2. The number of carbonyl (C=O) groups excluding carboxylic acids is 1. The van der Waals surface area contributed by atoms with Gasteiger partial charge in [-0.25, -0.2) is 0 Å². The van der Waals surface area contributed by atoms with Crippen molar-refractivity contribution in [1.29, 1.82) is 0 Å². The summed E-state index contributed by atoms with van der Waals surface area (Å²) in [6.45, 7) is 4.27. The van der Waals surface area contributed by atoms with E-state index in [2.05, 4.69) is 10.6 Å². The number of rotatable bonds is 3. The lowest BCUT2D eigenvalue weighted by Gasteiger charge is -2.12. The molecular weight excluding hydrogens is 180 g/mol. The minimum absolute atomic E-state index is 0.192. The van der Waals surface area contributed by atoms with E-state index in [1.54, 1.807) is 0 Å². The molecule has 4 heteroatoms. The molecule has 2 rings (SSSR count). The number of ether oxygens (including phenoxy) is 1. The maximum absolute atomic E-state index is 11.6. The van der Waals surface area contributed by atoms with Crippen molar-refractivity contribution in [1.82, 2.24) is 10.6 Å². The molecule has 0 aromatic heterocycles. The topological polar surface area (TPSA) is 50.4 Å². The van der Waals surface area contributed by atoms with Crippen LogP contribution in [0.15, 0.2) is 0 Å². The van der Waals surface area contributed by atoms with Crippen LogP contribution in [0.1, 0.15) is 12.8 Å². The standard InChI is InChI=1S/C10H18N2O2/c13-10(9-1-3-11-6-9)12-5-8-2-4-14-7-8/h8-9,11H,1-7H2,(H,12,13). The smallest absolute Gasteiger partial charge is 0.224 e. The number of hydrogen-bond donors (Lipinski definition) is 2. The van der Waals surface area contributed by atoms with Gasteiger partial charge in [-0.05, 0) is 19.4 Å². The van der Waals surface area contributed by atoms with E-state index >= 15 is 0 Å². The minimum Gasteiger partial charge on any atom is -0.381 e. The molecule has 2 unspecified atom stereocenters. The van der Waals surface area contributed by atoms with E-state index in [0.717, 1.165) is 45.7 Å². The first-order valence-electron chi connectivity index (χ1n) is 5.42. The Balaban J connectivity index is 1.66. The number of amides is 1. The largest absolute Gasteiger partial charge is 0.381 e. The van der Waals surface area contributed by atoms with E-state index in [1.807, 2.05) is 0 Å². The second-order valence-electron chi connectivity index (χ2n) is 4.16. The lowest BCUT2D eigenvalue weighted by molar-refractivity contribution is -0.124. The van der Waals surface area contributed by atoms with Crippen LogP contribution in [-0.2, 0) is 9.53 Å².